The van der Waals surface area contributed by atoms with E-state index in [1.165, 1.54) is 17.6 Å². The molecule has 0 radical (unpaired) electrons. The predicted molar refractivity (Wildman–Crippen MR) is 67.3 cm³/mol. The Bertz CT molecular complexity index is 484. The first kappa shape index (κ1) is 12.1. The molecule has 0 aliphatic heterocycles. The zero-order valence-electron chi connectivity index (χ0n) is 9.61. The van der Waals surface area contributed by atoms with Crippen molar-refractivity contribution in [2.45, 2.75) is 19.9 Å². The second kappa shape index (κ2) is 5.84. The van der Waals surface area contributed by atoms with Gasteiger partial charge in [-0.25, -0.2) is 4.39 Å². The SMILES string of the molecule is CCCNCc1snnc1-c1ccccc1F. The molecule has 1 N–H and O–H groups in total. The third kappa shape index (κ3) is 2.87. The van der Waals surface area contributed by atoms with Gasteiger partial charge in [-0.2, -0.15) is 0 Å². The molecule has 0 atom stereocenters. The standard InChI is InChI=1S/C12H14FN3S/c1-2-7-14-8-11-12(15-16-17-11)9-5-3-4-6-10(9)13/h3-6,14H,2,7-8H2,1H3. The van der Waals surface area contributed by atoms with Crippen molar-refractivity contribution in [2.75, 3.05) is 6.54 Å². The fraction of sp³-hybridized carbons (Fsp3) is 0.333. The van der Waals surface area contributed by atoms with E-state index < -0.39 is 0 Å². The number of nitrogens with one attached hydrogen (secondary N) is 1. The van der Waals surface area contributed by atoms with Gasteiger partial charge in [0.05, 0.1) is 4.88 Å². The second-order valence-corrected chi connectivity index (χ2v) is 4.54. The minimum Gasteiger partial charge on any atom is -0.312 e. The van der Waals surface area contributed by atoms with Gasteiger partial charge in [0.15, 0.2) is 0 Å². The Kier molecular flexibility index (Phi) is 4.17. The molecule has 0 saturated carbocycles. The summed E-state index contributed by atoms with van der Waals surface area (Å²) in [5.41, 5.74) is 1.17. The van der Waals surface area contributed by atoms with E-state index in [0.29, 0.717) is 17.8 Å². The van der Waals surface area contributed by atoms with Gasteiger partial charge < -0.3 is 5.32 Å². The van der Waals surface area contributed by atoms with Gasteiger partial charge in [0.25, 0.3) is 0 Å². The summed E-state index contributed by atoms with van der Waals surface area (Å²) in [5.74, 6) is -0.253. The first-order chi connectivity index (χ1) is 8.33. The van der Waals surface area contributed by atoms with E-state index in [2.05, 4.69) is 21.8 Å². The average molecular weight is 251 g/mol. The molecule has 0 aliphatic carbocycles. The molecule has 1 heterocycles. The lowest BCUT2D eigenvalue weighted by Crippen LogP contribution is -2.13. The van der Waals surface area contributed by atoms with E-state index in [4.69, 9.17) is 0 Å². The lowest BCUT2D eigenvalue weighted by molar-refractivity contribution is 0.629. The molecule has 0 spiro atoms. The van der Waals surface area contributed by atoms with Crippen molar-refractivity contribution >= 4 is 11.5 Å². The molecule has 2 aromatic rings. The number of halogens is 1. The van der Waals surface area contributed by atoms with Crippen LogP contribution >= 0.6 is 11.5 Å². The van der Waals surface area contributed by atoms with Crippen molar-refractivity contribution in [1.82, 2.24) is 14.9 Å². The largest absolute Gasteiger partial charge is 0.312 e. The van der Waals surface area contributed by atoms with Crippen molar-refractivity contribution in [3.8, 4) is 11.3 Å². The Morgan fingerprint density at radius 3 is 2.94 bits per heavy atom. The van der Waals surface area contributed by atoms with E-state index in [9.17, 15) is 4.39 Å². The van der Waals surface area contributed by atoms with Gasteiger partial charge in [0, 0.05) is 12.1 Å². The van der Waals surface area contributed by atoms with Gasteiger partial charge in [-0.15, -0.1) is 5.10 Å². The van der Waals surface area contributed by atoms with Crippen LogP contribution in [0, 0.1) is 5.82 Å². The Balaban J connectivity index is 2.22. The lowest BCUT2D eigenvalue weighted by Gasteiger charge is -2.03. The van der Waals surface area contributed by atoms with Gasteiger partial charge in [-0.3, -0.25) is 0 Å². The fourth-order valence-electron chi connectivity index (χ4n) is 1.56. The van der Waals surface area contributed by atoms with Crippen LogP contribution in [-0.2, 0) is 6.54 Å². The lowest BCUT2D eigenvalue weighted by atomic mass is 10.1. The van der Waals surface area contributed by atoms with Crippen LogP contribution in [0.15, 0.2) is 24.3 Å². The Morgan fingerprint density at radius 2 is 2.18 bits per heavy atom. The average Bonchev–Trinajstić information content (AvgIpc) is 2.78. The maximum Gasteiger partial charge on any atom is 0.132 e. The summed E-state index contributed by atoms with van der Waals surface area (Å²) >= 11 is 1.31. The normalized spacial score (nSPS) is 10.7. The van der Waals surface area contributed by atoms with Crippen molar-refractivity contribution in [3.05, 3.63) is 35.0 Å². The fourth-order valence-corrected chi connectivity index (χ4v) is 2.19. The van der Waals surface area contributed by atoms with Crippen molar-refractivity contribution in [3.63, 3.8) is 0 Å². The molecule has 2 rings (SSSR count). The van der Waals surface area contributed by atoms with Crippen LogP contribution in [0.4, 0.5) is 4.39 Å². The molecule has 0 fully saturated rings. The summed E-state index contributed by atoms with van der Waals surface area (Å²) in [6.45, 7) is 3.74. The highest BCUT2D eigenvalue weighted by Gasteiger charge is 2.13. The van der Waals surface area contributed by atoms with Crippen LogP contribution in [0.3, 0.4) is 0 Å². The molecular formula is C12H14FN3S. The smallest absolute Gasteiger partial charge is 0.132 e. The Morgan fingerprint density at radius 1 is 1.35 bits per heavy atom. The van der Waals surface area contributed by atoms with E-state index >= 15 is 0 Å². The van der Waals surface area contributed by atoms with Crippen LogP contribution in [0.1, 0.15) is 18.2 Å². The summed E-state index contributed by atoms with van der Waals surface area (Å²) in [4.78, 5) is 0.976. The van der Waals surface area contributed by atoms with Crippen LogP contribution < -0.4 is 5.32 Å². The highest BCUT2D eigenvalue weighted by Crippen LogP contribution is 2.25. The molecule has 0 bridgehead atoms. The molecule has 0 unspecified atom stereocenters. The molecule has 5 heteroatoms. The third-order valence-corrected chi connectivity index (χ3v) is 3.12. The molecule has 90 valence electrons. The third-order valence-electron chi connectivity index (χ3n) is 2.40. The van der Waals surface area contributed by atoms with Crippen molar-refractivity contribution < 1.29 is 4.39 Å². The molecule has 1 aromatic heterocycles. The van der Waals surface area contributed by atoms with Crippen LogP contribution in [0.5, 0.6) is 0 Å². The molecule has 3 nitrogen and oxygen atoms in total. The van der Waals surface area contributed by atoms with Crippen LogP contribution in [-0.4, -0.2) is 16.1 Å². The van der Waals surface area contributed by atoms with E-state index in [-0.39, 0.29) is 5.82 Å². The van der Waals surface area contributed by atoms with Crippen molar-refractivity contribution in [1.29, 1.82) is 0 Å². The summed E-state index contributed by atoms with van der Waals surface area (Å²) in [5, 5.41) is 7.29. The number of aromatic nitrogens is 2. The second-order valence-electron chi connectivity index (χ2n) is 3.70. The molecule has 1 aromatic carbocycles. The molecule has 17 heavy (non-hydrogen) atoms. The van der Waals surface area contributed by atoms with E-state index in [0.717, 1.165) is 17.8 Å². The Labute approximate surface area is 104 Å². The summed E-state index contributed by atoms with van der Waals surface area (Å²) in [6, 6.07) is 6.65. The molecular weight excluding hydrogens is 237 g/mol. The van der Waals surface area contributed by atoms with Gasteiger partial charge >= 0.3 is 0 Å². The molecule has 0 amide bonds. The van der Waals surface area contributed by atoms with Gasteiger partial charge in [0.2, 0.25) is 0 Å². The van der Waals surface area contributed by atoms with E-state index in [1.807, 2.05) is 0 Å². The monoisotopic (exact) mass is 251 g/mol. The summed E-state index contributed by atoms with van der Waals surface area (Å²) in [6.07, 6.45) is 1.07. The summed E-state index contributed by atoms with van der Waals surface area (Å²) in [7, 11) is 0. The topological polar surface area (TPSA) is 37.8 Å². The number of nitrogens with zero attached hydrogens (tertiary/aromatic N) is 2. The zero-order chi connectivity index (χ0) is 12.1. The molecule has 0 aliphatic rings. The van der Waals surface area contributed by atoms with Crippen molar-refractivity contribution in [2.24, 2.45) is 0 Å². The zero-order valence-corrected chi connectivity index (χ0v) is 10.4. The minimum atomic E-state index is -0.253. The van der Waals surface area contributed by atoms with E-state index in [1.54, 1.807) is 18.2 Å². The highest BCUT2D eigenvalue weighted by atomic mass is 32.1. The van der Waals surface area contributed by atoms with Gasteiger partial charge in [-0.05, 0) is 36.6 Å². The Hall–Kier alpha value is -1.33. The number of benzene rings is 1. The van der Waals surface area contributed by atoms with Crippen LogP contribution in [0.25, 0.3) is 11.3 Å². The quantitative estimate of drug-likeness (QED) is 0.830. The number of hydrogen-bond acceptors (Lipinski definition) is 4. The highest BCUT2D eigenvalue weighted by molar-refractivity contribution is 7.05. The maximum absolute atomic E-state index is 13.6. The maximum atomic E-state index is 13.6. The first-order valence-electron chi connectivity index (χ1n) is 5.59. The minimum absolute atomic E-state index is 0.253. The summed E-state index contributed by atoms with van der Waals surface area (Å²) < 4.78 is 17.5. The number of hydrogen-bond donors (Lipinski definition) is 1. The predicted octanol–water partition coefficient (Wildman–Crippen LogP) is 2.84. The van der Waals surface area contributed by atoms with Gasteiger partial charge in [-0.1, -0.05) is 23.5 Å². The van der Waals surface area contributed by atoms with Gasteiger partial charge in [0.1, 0.15) is 11.5 Å². The molecule has 0 saturated heterocycles. The first-order valence-corrected chi connectivity index (χ1v) is 6.37. The van der Waals surface area contributed by atoms with Crippen LogP contribution in [0.2, 0.25) is 0 Å². The number of rotatable bonds is 5.